The van der Waals surface area contributed by atoms with Gasteiger partial charge in [-0.2, -0.15) is 0 Å². The van der Waals surface area contributed by atoms with Crippen molar-refractivity contribution >= 4 is 11.7 Å². The van der Waals surface area contributed by atoms with Gasteiger partial charge in [0.15, 0.2) is 0 Å². The van der Waals surface area contributed by atoms with E-state index in [4.69, 9.17) is 14.6 Å². The minimum Gasteiger partial charge on any atom is -0.493 e. The molecule has 1 aliphatic carbocycles. The van der Waals surface area contributed by atoms with E-state index in [1.54, 1.807) is 0 Å². The molecule has 1 spiro atoms. The maximum absolute atomic E-state index is 10.7. The molecule has 0 unspecified atom stereocenters. The Morgan fingerprint density at radius 2 is 1.61 bits per heavy atom. The second kappa shape index (κ2) is 11.1. The summed E-state index contributed by atoms with van der Waals surface area (Å²) < 4.78 is 12.4. The lowest BCUT2D eigenvalue weighted by Crippen LogP contribution is -2.34. The molecule has 2 aromatic rings. The number of hydrogen-bond acceptors (Lipinski definition) is 3. The van der Waals surface area contributed by atoms with E-state index < -0.39 is 5.97 Å². The first kappa shape index (κ1) is 26.3. The summed E-state index contributed by atoms with van der Waals surface area (Å²) in [5.74, 6) is 1.24. The maximum atomic E-state index is 10.7. The summed E-state index contributed by atoms with van der Waals surface area (Å²) in [7, 11) is 0. The van der Waals surface area contributed by atoms with Gasteiger partial charge in [-0.25, -0.2) is 0 Å². The van der Waals surface area contributed by atoms with Crippen LogP contribution in [0.3, 0.4) is 0 Å². The SMILES string of the molecule is CCC(CC)(c1ccc(OCCCCCC(=O)O)c(C)c1)c1ccc(C2=CC3(CCCC3)O2)c(C)c1. The first-order valence-electron chi connectivity index (χ1n) is 13.8. The smallest absolute Gasteiger partial charge is 0.303 e. The molecule has 4 rings (SSSR count). The summed E-state index contributed by atoms with van der Waals surface area (Å²) in [6.45, 7) is 9.51. The van der Waals surface area contributed by atoms with Gasteiger partial charge >= 0.3 is 5.97 Å². The third kappa shape index (κ3) is 5.33. The normalized spacial score (nSPS) is 16.4. The van der Waals surface area contributed by atoms with Crippen molar-refractivity contribution in [3.63, 3.8) is 0 Å². The van der Waals surface area contributed by atoms with Gasteiger partial charge in [-0.3, -0.25) is 4.79 Å². The van der Waals surface area contributed by atoms with Crippen LogP contribution in [0.15, 0.2) is 42.5 Å². The quantitative estimate of drug-likeness (QED) is 0.305. The molecule has 2 aromatic carbocycles. The lowest BCUT2D eigenvalue weighted by molar-refractivity contribution is -0.137. The number of hydrogen-bond donors (Lipinski definition) is 1. The summed E-state index contributed by atoms with van der Waals surface area (Å²) in [6.07, 6.45) is 11.9. The van der Waals surface area contributed by atoms with Gasteiger partial charge in [0.05, 0.1) is 6.61 Å². The molecule has 0 radical (unpaired) electrons. The van der Waals surface area contributed by atoms with E-state index in [-0.39, 0.29) is 17.4 Å². The Bertz CT molecular complexity index is 1100. The molecule has 0 aromatic heterocycles. The van der Waals surface area contributed by atoms with Gasteiger partial charge < -0.3 is 14.6 Å². The van der Waals surface area contributed by atoms with Crippen molar-refractivity contribution in [2.45, 2.75) is 103 Å². The van der Waals surface area contributed by atoms with Crippen LogP contribution in [0.5, 0.6) is 5.75 Å². The average Bonchev–Trinajstić information content (AvgIpc) is 3.33. The summed E-state index contributed by atoms with van der Waals surface area (Å²) in [5.41, 5.74) is 6.30. The van der Waals surface area contributed by atoms with Crippen LogP contribution in [-0.2, 0) is 14.9 Å². The number of ether oxygens (including phenoxy) is 2. The van der Waals surface area contributed by atoms with E-state index in [0.717, 1.165) is 55.6 Å². The molecule has 1 aliphatic heterocycles. The molecule has 0 amide bonds. The largest absolute Gasteiger partial charge is 0.493 e. The van der Waals surface area contributed by atoms with E-state index in [2.05, 4.69) is 70.2 Å². The zero-order valence-electron chi connectivity index (χ0n) is 22.5. The Labute approximate surface area is 216 Å². The second-order valence-electron chi connectivity index (χ2n) is 10.7. The van der Waals surface area contributed by atoms with Crippen molar-refractivity contribution in [1.29, 1.82) is 0 Å². The molecule has 1 heterocycles. The third-order valence-electron chi connectivity index (χ3n) is 8.43. The fourth-order valence-electron chi connectivity index (χ4n) is 6.13. The second-order valence-corrected chi connectivity index (χ2v) is 10.7. The van der Waals surface area contributed by atoms with E-state index in [0.29, 0.717) is 13.0 Å². The zero-order chi connectivity index (χ0) is 25.8. The lowest BCUT2D eigenvalue weighted by atomic mass is 9.69. The van der Waals surface area contributed by atoms with Gasteiger partial charge in [0.25, 0.3) is 0 Å². The van der Waals surface area contributed by atoms with Crippen molar-refractivity contribution in [3.8, 4) is 5.75 Å². The van der Waals surface area contributed by atoms with E-state index in [9.17, 15) is 4.79 Å². The number of rotatable bonds is 12. The van der Waals surface area contributed by atoms with E-state index in [1.807, 2.05) is 0 Å². The molecule has 0 saturated heterocycles. The zero-order valence-corrected chi connectivity index (χ0v) is 22.5. The highest BCUT2D eigenvalue weighted by Gasteiger charge is 2.42. The number of carbonyl (C=O) groups is 1. The number of carboxylic acids is 1. The molecule has 2 aliphatic rings. The molecule has 36 heavy (non-hydrogen) atoms. The molecule has 0 bridgehead atoms. The highest BCUT2D eigenvalue weighted by atomic mass is 16.5. The molecule has 1 N–H and O–H groups in total. The summed E-state index contributed by atoms with van der Waals surface area (Å²) in [5, 5.41) is 8.77. The standard InChI is InChI=1S/C32H42O4/c1-5-32(6-2,26-14-16-28(24(4)21-26)35-19-11-7-8-12-30(33)34)25-13-15-27(23(3)20-25)29-22-31(36-29)17-9-10-18-31/h13-16,20-22H,5-12,17-19H2,1-4H3,(H,33,34). The van der Waals surface area contributed by atoms with Crippen molar-refractivity contribution in [2.75, 3.05) is 6.61 Å². The molecule has 194 valence electrons. The number of benzene rings is 2. The van der Waals surface area contributed by atoms with Crippen molar-refractivity contribution in [3.05, 3.63) is 70.3 Å². The first-order valence-corrected chi connectivity index (χ1v) is 13.8. The number of unbranched alkanes of at least 4 members (excludes halogenated alkanes) is 2. The van der Waals surface area contributed by atoms with Crippen LogP contribution < -0.4 is 4.74 Å². The monoisotopic (exact) mass is 490 g/mol. The van der Waals surface area contributed by atoms with Crippen LogP contribution in [0, 0.1) is 13.8 Å². The minimum absolute atomic E-state index is 0.0247. The van der Waals surface area contributed by atoms with Crippen molar-refractivity contribution < 1.29 is 19.4 Å². The summed E-state index contributed by atoms with van der Waals surface area (Å²) in [6, 6.07) is 13.5. The van der Waals surface area contributed by atoms with E-state index in [1.165, 1.54) is 35.1 Å². The Kier molecular flexibility index (Phi) is 8.12. The Balaban J connectivity index is 1.48. The van der Waals surface area contributed by atoms with Crippen LogP contribution in [-0.4, -0.2) is 23.3 Å². The number of aryl methyl sites for hydroxylation is 2. The molecule has 0 atom stereocenters. The highest BCUT2D eigenvalue weighted by Crippen LogP contribution is 2.48. The Hall–Kier alpha value is -2.75. The van der Waals surface area contributed by atoms with Gasteiger partial charge in [0.2, 0.25) is 0 Å². The van der Waals surface area contributed by atoms with Crippen LogP contribution in [0.2, 0.25) is 0 Å². The van der Waals surface area contributed by atoms with Gasteiger partial charge in [0.1, 0.15) is 17.1 Å². The molecule has 1 fully saturated rings. The van der Waals surface area contributed by atoms with Crippen molar-refractivity contribution in [2.24, 2.45) is 0 Å². The minimum atomic E-state index is -0.728. The third-order valence-corrected chi connectivity index (χ3v) is 8.43. The fourth-order valence-corrected chi connectivity index (χ4v) is 6.13. The topological polar surface area (TPSA) is 55.8 Å². The molecule has 4 nitrogen and oxygen atoms in total. The van der Waals surface area contributed by atoms with Crippen LogP contribution in [0.4, 0.5) is 0 Å². The molecular weight excluding hydrogens is 448 g/mol. The Morgan fingerprint density at radius 3 is 2.19 bits per heavy atom. The predicted octanol–water partition coefficient (Wildman–Crippen LogP) is 8.12. The molecule has 4 heteroatoms. The summed E-state index contributed by atoms with van der Waals surface area (Å²) in [4.78, 5) is 10.7. The van der Waals surface area contributed by atoms with Crippen molar-refractivity contribution in [1.82, 2.24) is 0 Å². The van der Waals surface area contributed by atoms with Gasteiger partial charge in [-0.05, 0) is 100.0 Å². The average molecular weight is 491 g/mol. The molecule has 1 saturated carbocycles. The number of aliphatic carboxylic acids is 1. The summed E-state index contributed by atoms with van der Waals surface area (Å²) >= 11 is 0. The number of carboxylic acid groups (broad SMARTS) is 1. The predicted molar refractivity (Wildman–Crippen MR) is 146 cm³/mol. The maximum Gasteiger partial charge on any atom is 0.303 e. The fraction of sp³-hybridized carbons (Fsp3) is 0.531. The highest BCUT2D eigenvalue weighted by molar-refractivity contribution is 5.69. The van der Waals surface area contributed by atoms with Gasteiger partial charge in [0, 0.05) is 23.5 Å². The first-order chi connectivity index (χ1) is 17.3. The van der Waals surface area contributed by atoms with Gasteiger partial charge in [-0.1, -0.05) is 44.2 Å². The van der Waals surface area contributed by atoms with E-state index >= 15 is 0 Å². The van der Waals surface area contributed by atoms with Crippen LogP contribution >= 0.6 is 0 Å². The Morgan fingerprint density at radius 1 is 0.972 bits per heavy atom. The molecular formula is C32H42O4. The van der Waals surface area contributed by atoms with Gasteiger partial charge in [-0.15, -0.1) is 0 Å². The van der Waals surface area contributed by atoms with Crippen LogP contribution in [0.1, 0.15) is 106 Å². The van der Waals surface area contributed by atoms with Crippen LogP contribution in [0.25, 0.3) is 5.76 Å². The lowest BCUT2D eigenvalue weighted by Gasteiger charge is -2.38.